The Labute approximate surface area is 95.3 Å². The van der Waals surface area contributed by atoms with Crippen LogP contribution in [0.15, 0.2) is 30.3 Å². The number of hydrogen-bond acceptors (Lipinski definition) is 0. The zero-order valence-corrected chi connectivity index (χ0v) is 8.65. The second-order valence-electron chi connectivity index (χ2n) is 3.15. The van der Waals surface area contributed by atoms with E-state index in [2.05, 4.69) is 6.07 Å². The van der Waals surface area contributed by atoms with E-state index in [9.17, 15) is 13.2 Å². The molecule has 0 spiro atoms. The monoisotopic (exact) mass is 241 g/mol. The molecule has 0 N–H and O–H groups in total. The van der Waals surface area contributed by atoms with Crippen LogP contribution in [0.3, 0.4) is 0 Å². The topological polar surface area (TPSA) is 0 Å². The largest absolute Gasteiger partial charge is 0.206 e. The smallest absolute Gasteiger partial charge is 0.134 e. The van der Waals surface area contributed by atoms with Crippen LogP contribution in [0.1, 0.15) is 0 Å². The standard InChI is InChI=1S/C12H5ClF3/c13-7-4-5-8(11(16)6-7)12-9(14)2-1-3-10(12)15/h2-6H. The Kier molecular flexibility index (Phi) is 2.88. The summed E-state index contributed by atoms with van der Waals surface area (Å²) in [5, 5.41) is 0.171. The van der Waals surface area contributed by atoms with Crippen LogP contribution in [0, 0.1) is 23.5 Å². The van der Waals surface area contributed by atoms with Crippen molar-refractivity contribution in [3.05, 3.63) is 58.9 Å². The Morgan fingerprint density at radius 1 is 0.938 bits per heavy atom. The van der Waals surface area contributed by atoms with Crippen LogP contribution in [-0.2, 0) is 0 Å². The molecular weight excluding hydrogens is 237 g/mol. The van der Waals surface area contributed by atoms with Crippen LogP contribution in [0.2, 0.25) is 5.02 Å². The first kappa shape index (κ1) is 11.0. The van der Waals surface area contributed by atoms with Gasteiger partial charge in [-0.1, -0.05) is 11.6 Å². The second kappa shape index (κ2) is 4.18. The summed E-state index contributed by atoms with van der Waals surface area (Å²) in [6.45, 7) is 0. The van der Waals surface area contributed by atoms with Crippen LogP contribution < -0.4 is 0 Å². The highest BCUT2D eigenvalue weighted by atomic mass is 35.5. The minimum atomic E-state index is -0.860. The van der Waals surface area contributed by atoms with E-state index in [4.69, 9.17) is 11.6 Å². The fourth-order valence-electron chi connectivity index (χ4n) is 1.40. The van der Waals surface area contributed by atoms with Gasteiger partial charge < -0.3 is 0 Å². The van der Waals surface area contributed by atoms with Gasteiger partial charge in [0.05, 0.1) is 5.56 Å². The predicted octanol–water partition coefficient (Wildman–Crippen LogP) is 4.22. The Bertz CT molecular complexity index is 518. The first-order valence-corrected chi connectivity index (χ1v) is 4.78. The molecule has 0 unspecified atom stereocenters. The van der Waals surface area contributed by atoms with E-state index in [0.717, 1.165) is 18.2 Å². The zero-order chi connectivity index (χ0) is 11.7. The van der Waals surface area contributed by atoms with Crippen molar-refractivity contribution in [1.29, 1.82) is 0 Å². The van der Waals surface area contributed by atoms with Crippen molar-refractivity contribution in [2.24, 2.45) is 0 Å². The SMILES string of the molecule is Fc1cc(Cl)ccc1-c1c(F)c[c]cc1F. The van der Waals surface area contributed by atoms with Crippen molar-refractivity contribution in [3.63, 3.8) is 0 Å². The van der Waals surface area contributed by atoms with Crippen molar-refractivity contribution in [3.8, 4) is 11.1 Å². The van der Waals surface area contributed by atoms with Crippen molar-refractivity contribution < 1.29 is 13.2 Å². The van der Waals surface area contributed by atoms with Crippen LogP contribution in [0.5, 0.6) is 0 Å². The fraction of sp³-hybridized carbons (Fsp3) is 0. The molecule has 0 heterocycles. The lowest BCUT2D eigenvalue weighted by atomic mass is 10.0. The third-order valence-electron chi connectivity index (χ3n) is 2.10. The van der Waals surface area contributed by atoms with Gasteiger partial charge in [-0.2, -0.15) is 0 Å². The number of halogens is 4. The maximum Gasteiger partial charge on any atom is 0.134 e. The van der Waals surface area contributed by atoms with E-state index in [1.165, 1.54) is 12.1 Å². The molecule has 0 aliphatic carbocycles. The quantitative estimate of drug-likeness (QED) is 0.701. The summed E-state index contributed by atoms with van der Waals surface area (Å²) in [6, 6.07) is 7.79. The molecule has 0 aliphatic rings. The molecule has 0 fully saturated rings. The highest BCUT2D eigenvalue weighted by Crippen LogP contribution is 2.29. The van der Waals surface area contributed by atoms with Crippen molar-refractivity contribution in [2.45, 2.75) is 0 Å². The van der Waals surface area contributed by atoms with Gasteiger partial charge in [-0.3, -0.25) is 0 Å². The Morgan fingerprint density at radius 3 is 2.12 bits per heavy atom. The van der Waals surface area contributed by atoms with Crippen molar-refractivity contribution in [2.75, 3.05) is 0 Å². The van der Waals surface area contributed by atoms with Gasteiger partial charge in [0.1, 0.15) is 17.5 Å². The molecule has 0 aliphatic heterocycles. The molecular formula is C12H5ClF3. The molecule has 0 saturated carbocycles. The number of benzene rings is 2. The molecule has 81 valence electrons. The Balaban J connectivity index is 2.68. The van der Waals surface area contributed by atoms with Gasteiger partial charge in [0.25, 0.3) is 0 Å². The van der Waals surface area contributed by atoms with E-state index >= 15 is 0 Å². The van der Waals surface area contributed by atoms with E-state index in [-0.39, 0.29) is 10.6 Å². The van der Waals surface area contributed by atoms with Gasteiger partial charge in [0.15, 0.2) is 0 Å². The highest BCUT2D eigenvalue weighted by Gasteiger charge is 2.14. The van der Waals surface area contributed by atoms with Gasteiger partial charge in [-0.15, -0.1) is 0 Å². The molecule has 4 heteroatoms. The minimum Gasteiger partial charge on any atom is -0.206 e. The lowest BCUT2D eigenvalue weighted by Crippen LogP contribution is -1.92. The predicted molar refractivity (Wildman–Crippen MR) is 55.6 cm³/mol. The normalized spacial score (nSPS) is 10.5. The lowest BCUT2D eigenvalue weighted by molar-refractivity contribution is 0.581. The molecule has 2 rings (SSSR count). The summed E-state index contributed by atoms with van der Waals surface area (Å²) >= 11 is 5.55. The fourth-order valence-corrected chi connectivity index (χ4v) is 1.55. The van der Waals surface area contributed by atoms with Crippen molar-refractivity contribution >= 4 is 11.6 Å². The van der Waals surface area contributed by atoms with Crippen molar-refractivity contribution in [1.82, 2.24) is 0 Å². The van der Waals surface area contributed by atoms with E-state index in [1.807, 2.05) is 0 Å². The average Bonchev–Trinajstić information content (AvgIpc) is 2.20. The van der Waals surface area contributed by atoms with Gasteiger partial charge in [0.2, 0.25) is 0 Å². The summed E-state index contributed by atoms with van der Waals surface area (Å²) in [5.41, 5.74) is -0.568. The summed E-state index contributed by atoms with van der Waals surface area (Å²) in [6.07, 6.45) is 0. The number of rotatable bonds is 1. The lowest BCUT2D eigenvalue weighted by Gasteiger charge is -2.06. The van der Waals surface area contributed by atoms with E-state index in [1.54, 1.807) is 0 Å². The Hall–Kier alpha value is -1.48. The van der Waals surface area contributed by atoms with Gasteiger partial charge in [0, 0.05) is 10.6 Å². The first-order valence-electron chi connectivity index (χ1n) is 4.40. The van der Waals surface area contributed by atoms with Crippen LogP contribution >= 0.6 is 11.6 Å². The van der Waals surface area contributed by atoms with Crippen LogP contribution in [-0.4, -0.2) is 0 Å². The van der Waals surface area contributed by atoms with Gasteiger partial charge >= 0.3 is 0 Å². The summed E-state index contributed by atoms with van der Waals surface area (Å²) in [4.78, 5) is 0. The van der Waals surface area contributed by atoms with E-state index < -0.39 is 23.0 Å². The molecule has 16 heavy (non-hydrogen) atoms. The van der Waals surface area contributed by atoms with Gasteiger partial charge in [-0.05, 0) is 36.4 Å². The average molecular weight is 242 g/mol. The Morgan fingerprint density at radius 2 is 1.56 bits per heavy atom. The summed E-state index contributed by atoms with van der Waals surface area (Å²) in [7, 11) is 0. The van der Waals surface area contributed by atoms with E-state index in [0.29, 0.717) is 0 Å². The zero-order valence-electron chi connectivity index (χ0n) is 7.90. The molecule has 0 saturated heterocycles. The molecule has 0 amide bonds. The third kappa shape index (κ3) is 1.91. The molecule has 2 aromatic rings. The maximum absolute atomic E-state index is 13.5. The number of hydrogen-bond donors (Lipinski definition) is 0. The molecule has 0 aromatic heterocycles. The van der Waals surface area contributed by atoms with Crippen LogP contribution in [0.4, 0.5) is 13.2 Å². The molecule has 0 atom stereocenters. The molecule has 0 nitrogen and oxygen atoms in total. The summed E-state index contributed by atoms with van der Waals surface area (Å²) < 4.78 is 40.2. The molecule has 2 aromatic carbocycles. The molecule has 1 radical (unpaired) electrons. The minimum absolute atomic E-state index is 0.159. The summed E-state index contributed by atoms with van der Waals surface area (Å²) in [5.74, 6) is -2.49. The maximum atomic E-state index is 13.5. The highest BCUT2D eigenvalue weighted by molar-refractivity contribution is 6.30. The van der Waals surface area contributed by atoms with Crippen LogP contribution in [0.25, 0.3) is 11.1 Å². The first-order chi connectivity index (χ1) is 7.59. The second-order valence-corrected chi connectivity index (χ2v) is 3.59. The molecule has 0 bridgehead atoms. The van der Waals surface area contributed by atoms with Gasteiger partial charge in [-0.25, -0.2) is 13.2 Å². The third-order valence-corrected chi connectivity index (χ3v) is 2.33.